The van der Waals surface area contributed by atoms with Crippen molar-refractivity contribution >= 4 is 52.4 Å². The second-order valence-corrected chi connectivity index (χ2v) is 9.50. The Kier molecular flexibility index (Phi) is 7.85. The average Bonchev–Trinajstić information content (AvgIpc) is 3.41. The molecular weight excluding hydrogens is 443 g/mol. The molecule has 0 spiro atoms. The molecule has 0 saturated heterocycles. The first-order valence-electron chi connectivity index (χ1n) is 9.76. The SMILES string of the molecule is CC(=O)Nc1cc(N(CC2CCCC2)C(=O)NC(Sc2cncs2)C(=O)O)ccc1F. The lowest BCUT2D eigenvalue weighted by Gasteiger charge is -2.28. The number of hydrogen-bond donors (Lipinski definition) is 3. The van der Waals surface area contributed by atoms with Gasteiger partial charge in [-0.2, -0.15) is 0 Å². The van der Waals surface area contributed by atoms with Gasteiger partial charge in [-0.3, -0.25) is 14.7 Å². The molecular formula is C20H23FN4O4S2. The highest BCUT2D eigenvalue weighted by Gasteiger charge is 2.28. The zero-order valence-corrected chi connectivity index (χ0v) is 18.5. The lowest BCUT2D eigenvalue weighted by atomic mass is 10.1. The molecule has 8 nitrogen and oxygen atoms in total. The molecule has 3 N–H and O–H groups in total. The Morgan fingerprint density at radius 3 is 2.71 bits per heavy atom. The minimum atomic E-state index is -1.21. The summed E-state index contributed by atoms with van der Waals surface area (Å²) in [4.78, 5) is 41.6. The van der Waals surface area contributed by atoms with Crippen LogP contribution in [0.3, 0.4) is 0 Å². The lowest BCUT2D eigenvalue weighted by molar-refractivity contribution is -0.136. The first-order chi connectivity index (χ1) is 14.8. The summed E-state index contributed by atoms with van der Waals surface area (Å²) in [6.07, 6.45) is 5.59. The molecule has 1 aliphatic rings. The number of carboxylic acids is 1. The van der Waals surface area contributed by atoms with Crippen LogP contribution in [0.25, 0.3) is 0 Å². The number of nitrogens with one attached hydrogen (secondary N) is 2. The van der Waals surface area contributed by atoms with Gasteiger partial charge in [0, 0.05) is 19.2 Å². The largest absolute Gasteiger partial charge is 0.479 e. The molecule has 1 aliphatic carbocycles. The molecule has 1 fully saturated rings. The summed E-state index contributed by atoms with van der Waals surface area (Å²) in [6.45, 7) is 1.64. The zero-order chi connectivity index (χ0) is 22.4. The topological polar surface area (TPSA) is 112 Å². The highest BCUT2D eigenvalue weighted by Crippen LogP contribution is 2.30. The van der Waals surface area contributed by atoms with Crippen LogP contribution in [0.4, 0.5) is 20.6 Å². The number of thiazole rings is 1. The molecule has 0 radical (unpaired) electrons. The fourth-order valence-corrected chi connectivity index (χ4v) is 5.04. The van der Waals surface area contributed by atoms with Gasteiger partial charge in [0.05, 0.1) is 21.6 Å². The van der Waals surface area contributed by atoms with Crippen molar-refractivity contribution < 1.29 is 23.9 Å². The molecule has 3 rings (SSSR count). The molecule has 166 valence electrons. The number of thioether (sulfide) groups is 1. The predicted octanol–water partition coefficient (Wildman–Crippen LogP) is 4.15. The number of hydrogen-bond acceptors (Lipinski definition) is 6. The smallest absolute Gasteiger partial charge is 0.337 e. The average molecular weight is 467 g/mol. The van der Waals surface area contributed by atoms with Gasteiger partial charge in [-0.1, -0.05) is 24.6 Å². The summed E-state index contributed by atoms with van der Waals surface area (Å²) < 4.78 is 14.8. The van der Waals surface area contributed by atoms with Crippen LogP contribution in [0.1, 0.15) is 32.6 Å². The number of halogens is 1. The summed E-state index contributed by atoms with van der Waals surface area (Å²) >= 11 is 2.26. The Bertz CT molecular complexity index is 935. The Morgan fingerprint density at radius 1 is 1.35 bits per heavy atom. The lowest BCUT2D eigenvalue weighted by Crippen LogP contribution is -2.48. The standard InChI is InChI=1S/C20H23FN4O4S2/c1-12(26)23-16-8-14(6-7-15(16)21)25(10-13-4-2-3-5-13)20(29)24-18(19(27)28)31-17-9-22-11-30-17/h6-9,11,13,18H,2-5,10H2,1H3,(H,23,26)(H,24,29)(H,27,28). The number of anilines is 2. The molecule has 3 amide bonds. The highest BCUT2D eigenvalue weighted by atomic mass is 32.2. The summed E-state index contributed by atoms with van der Waals surface area (Å²) in [6, 6.07) is 3.41. The molecule has 0 aliphatic heterocycles. The molecule has 2 aromatic rings. The third kappa shape index (κ3) is 6.41. The maximum atomic E-state index is 14.1. The fraction of sp³-hybridized carbons (Fsp3) is 0.400. The molecule has 1 saturated carbocycles. The summed E-state index contributed by atoms with van der Waals surface area (Å²) in [5.74, 6) is -1.98. The number of benzene rings is 1. The molecule has 1 aromatic carbocycles. The van der Waals surface area contributed by atoms with E-state index < -0.39 is 29.1 Å². The summed E-state index contributed by atoms with van der Waals surface area (Å²) in [7, 11) is 0. The van der Waals surface area contributed by atoms with Crippen LogP contribution >= 0.6 is 23.1 Å². The van der Waals surface area contributed by atoms with Crippen LogP contribution in [-0.4, -0.2) is 39.9 Å². The van der Waals surface area contributed by atoms with Crippen LogP contribution in [0.5, 0.6) is 0 Å². The fourth-order valence-electron chi connectivity index (χ4n) is 3.43. The molecule has 0 bridgehead atoms. The van der Waals surface area contributed by atoms with Crippen molar-refractivity contribution in [2.24, 2.45) is 5.92 Å². The predicted molar refractivity (Wildman–Crippen MR) is 118 cm³/mol. The Morgan fingerprint density at radius 2 is 2.10 bits per heavy atom. The van der Waals surface area contributed by atoms with Gasteiger partial charge in [0.15, 0.2) is 5.37 Å². The number of carbonyl (C=O) groups excluding carboxylic acids is 2. The van der Waals surface area contributed by atoms with Crippen LogP contribution in [0, 0.1) is 11.7 Å². The highest BCUT2D eigenvalue weighted by molar-refractivity contribution is 8.02. The van der Waals surface area contributed by atoms with E-state index in [2.05, 4.69) is 15.6 Å². The number of aromatic nitrogens is 1. The van der Waals surface area contributed by atoms with E-state index in [0.29, 0.717) is 16.4 Å². The second kappa shape index (κ2) is 10.6. The molecule has 31 heavy (non-hydrogen) atoms. The summed E-state index contributed by atoms with van der Waals surface area (Å²) in [5, 5.41) is 13.3. The molecule has 1 heterocycles. The second-order valence-electron chi connectivity index (χ2n) is 7.21. The normalized spacial score (nSPS) is 14.8. The number of nitrogens with zero attached hydrogens (tertiary/aromatic N) is 2. The number of rotatable bonds is 8. The number of amides is 3. The first-order valence-corrected chi connectivity index (χ1v) is 11.5. The number of carboxylic acid groups (broad SMARTS) is 1. The van der Waals surface area contributed by atoms with E-state index >= 15 is 0 Å². The van der Waals surface area contributed by atoms with Gasteiger partial charge < -0.3 is 15.7 Å². The van der Waals surface area contributed by atoms with Crippen molar-refractivity contribution in [2.45, 2.75) is 42.2 Å². The monoisotopic (exact) mass is 466 g/mol. The van der Waals surface area contributed by atoms with E-state index in [9.17, 15) is 23.9 Å². The van der Waals surface area contributed by atoms with Crippen LogP contribution < -0.4 is 15.5 Å². The van der Waals surface area contributed by atoms with Crippen molar-refractivity contribution in [2.75, 3.05) is 16.8 Å². The van der Waals surface area contributed by atoms with Gasteiger partial charge >= 0.3 is 12.0 Å². The van der Waals surface area contributed by atoms with Gasteiger partial charge in [-0.15, -0.1) is 11.3 Å². The van der Waals surface area contributed by atoms with Gasteiger partial charge in [0.1, 0.15) is 5.82 Å². The minimum absolute atomic E-state index is 0.0389. The summed E-state index contributed by atoms with van der Waals surface area (Å²) in [5.41, 5.74) is 1.92. The van der Waals surface area contributed by atoms with Gasteiger partial charge in [-0.25, -0.2) is 14.0 Å². The zero-order valence-electron chi connectivity index (χ0n) is 16.8. The van der Waals surface area contributed by atoms with E-state index in [4.69, 9.17) is 0 Å². The third-order valence-electron chi connectivity index (χ3n) is 4.86. The van der Waals surface area contributed by atoms with Crippen LogP contribution in [0.2, 0.25) is 0 Å². The van der Waals surface area contributed by atoms with Crippen molar-refractivity contribution in [3.8, 4) is 0 Å². The Labute approximate surface area is 187 Å². The van der Waals surface area contributed by atoms with Gasteiger partial charge in [0.25, 0.3) is 0 Å². The van der Waals surface area contributed by atoms with E-state index in [-0.39, 0.29) is 11.6 Å². The van der Waals surface area contributed by atoms with Crippen LogP contribution in [0.15, 0.2) is 34.1 Å². The maximum Gasteiger partial charge on any atom is 0.337 e. The third-order valence-corrected chi connectivity index (χ3v) is 6.89. The van der Waals surface area contributed by atoms with Crippen molar-refractivity contribution in [3.05, 3.63) is 35.7 Å². The number of aliphatic carboxylic acids is 1. The molecule has 11 heteroatoms. The minimum Gasteiger partial charge on any atom is -0.479 e. The van der Waals surface area contributed by atoms with E-state index in [0.717, 1.165) is 37.4 Å². The number of carbonyl (C=O) groups is 3. The van der Waals surface area contributed by atoms with E-state index in [1.54, 1.807) is 5.51 Å². The van der Waals surface area contributed by atoms with Crippen molar-refractivity contribution in [1.82, 2.24) is 10.3 Å². The van der Waals surface area contributed by atoms with Crippen LogP contribution in [-0.2, 0) is 9.59 Å². The maximum absolute atomic E-state index is 14.1. The molecule has 1 unspecified atom stereocenters. The quantitative estimate of drug-likeness (QED) is 0.398. The van der Waals surface area contributed by atoms with Gasteiger partial charge in [-0.05, 0) is 37.0 Å². The van der Waals surface area contributed by atoms with Crippen molar-refractivity contribution in [3.63, 3.8) is 0 Å². The van der Waals surface area contributed by atoms with E-state index in [1.165, 1.54) is 47.6 Å². The number of urea groups is 1. The van der Waals surface area contributed by atoms with Crippen molar-refractivity contribution in [1.29, 1.82) is 0 Å². The molecule has 1 aromatic heterocycles. The Hall–Kier alpha value is -2.66. The van der Waals surface area contributed by atoms with E-state index in [1.807, 2.05) is 0 Å². The Balaban J connectivity index is 1.84. The van der Waals surface area contributed by atoms with Gasteiger partial charge in [0.2, 0.25) is 5.91 Å². The molecule has 1 atom stereocenters. The first kappa shape index (κ1) is 23.0.